The molecule has 1 heterocycles. The van der Waals surface area contributed by atoms with Crippen LogP contribution in [0, 0.1) is 5.82 Å². The van der Waals surface area contributed by atoms with Gasteiger partial charge in [-0.05, 0) is 24.3 Å². The molecule has 150 valence electrons. The average Bonchev–Trinajstić information content (AvgIpc) is 2.73. The summed E-state index contributed by atoms with van der Waals surface area (Å²) < 4.78 is 45.3. The Balaban J connectivity index is 1.43. The fourth-order valence-electron chi connectivity index (χ4n) is 2.87. The first-order chi connectivity index (χ1) is 13.5. The van der Waals surface area contributed by atoms with E-state index in [1.54, 1.807) is 47.4 Å². The van der Waals surface area contributed by atoms with Gasteiger partial charge in [-0.2, -0.15) is 4.31 Å². The summed E-state index contributed by atoms with van der Waals surface area (Å²) in [5, 5.41) is 2.70. The Morgan fingerprint density at radius 1 is 1.00 bits per heavy atom. The Morgan fingerprint density at radius 2 is 1.64 bits per heavy atom. The molecule has 1 aliphatic rings. The zero-order valence-corrected chi connectivity index (χ0v) is 16.1. The largest absolute Gasteiger partial charge is 0.489 e. The van der Waals surface area contributed by atoms with Crippen LogP contribution < -0.4 is 10.1 Å². The number of rotatable bonds is 6. The molecule has 28 heavy (non-hydrogen) atoms. The lowest BCUT2D eigenvalue weighted by Gasteiger charge is -2.34. The van der Waals surface area contributed by atoms with Crippen LogP contribution in [0.2, 0.25) is 0 Å². The lowest BCUT2D eigenvalue weighted by Crippen LogP contribution is -2.53. The lowest BCUT2D eigenvalue weighted by molar-refractivity contribution is 0.170. The molecule has 0 spiro atoms. The maximum Gasteiger partial charge on any atom is 0.317 e. The van der Waals surface area contributed by atoms with Crippen molar-refractivity contribution in [1.29, 1.82) is 0 Å². The zero-order valence-electron chi connectivity index (χ0n) is 15.3. The molecule has 2 amide bonds. The Morgan fingerprint density at radius 3 is 2.32 bits per heavy atom. The van der Waals surface area contributed by atoms with Gasteiger partial charge in [0.05, 0.1) is 11.4 Å². The molecule has 2 aromatic rings. The van der Waals surface area contributed by atoms with Crippen LogP contribution in [0.1, 0.15) is 0 Å². The van der Waals surface area contributed by atoms with Crippen molar-refractivity contribution in [3.05, 3.63) is 60.4 Å². The van der Waals surface area contributed by atoms with E-state index >= 15 is 0 Å². The third-order valence-corrected chi connectivity index (χ3v) is 6.29. The summed E-state index contributed by atoms with van der Waals surface area (Å²) in [6.07, 6.45) is 0. The van der Waals surface area contributed by atoms with E-state index in [2.05, 4.69) is 5.32 Å². The normalized spacial score (nSPS) is 15.2. The number of carbonyl (C=O) groups excluding carboxylic acids is 1. The third kappa shape index (κ3) is 4.79. The van der Waals surface area contributed by atoms with Gasteiger partial charge in [-0.1, -0.05) is 30.3 Å². The number of benzene rings is 2. The number of hydrogen-bond donors (Lipinski definition) is 1. The fourth-order valence-corrected chi connectivity index (χ4v) is 4.31. The molecule has 0 aromatic heterocycles. The monoisotopic (exact) mass is 407 g/mol. The van der Waals surface area contributed by atoms with Gasteiger partial charge in [0.15, 0.2) is 11.6 Å². The van der Waals surface area contributed by atoms with E-state index in [0.29, 0.717) is 13.1 Å². The smallest absolute Gasteiger partial charge is 0.317 e. The van der Waals surface area contributed by atoms with Crippen LogP contribution in [-0.4, -0.2) is 63.0 Å². The van der Waals surface area contributed by atoms with Gasteiger partial charge in [0.1, 0.15) is 6.61 Å². The van der Waals surface area contributed by atoms with Crippen LogP contribution in [0.25, 0.3) is 0 Å². The molecule has 0 bridgehead atoms. The van der Waals surface area contributed by atoms with Gasteiger partial charge in [0.2, 0.25) is 10.0 Å². The number of nitrogens with zero attached hydrogens (tertiary/aromatic N) is 2. The summed E-state index contributed by atoms with van der Waals surface area (Å²) in [5.74, 6) is -0.318. The van der Waals surface area contributed by atoms with Crippen molar-refractivity contribution >= 4 is 16.1 Å². The second kappa shape index (κ2) is 9.03. The van der Waals surface area contributed by atoms with Gasteiger partial charge in [-0.15, -0.1) is 0 Å². The quantitative estimate of drug-likeness (QED) is 0.742. The highest BCUT2D eigenvalue weighted by molar-refractivity contribution is 7.89. The standard InChI is InChI=1S/C19H22FN3O4S/c20-17-8-4-5-9-18(17)27-15-10-21-19(24)22-11-13-23(14-12-22)28(25,26)16-6-2-1-3-7-16/h1-9H,10-15H2,(H,21,24). The summed E-state index contributed by atoms with van der Waals surface area (Å²) in [6, 6.07) is 14.0. The number of para-hydroxylation sites is 1. The highest BCUT2D eigenvalue weighted by Gasteiger charge is 2.29. The van der Waals surface area contributed by atoms with Gasteiger partial charge >= 0.3 is 6.03 Å². The molecular formula is C19H22FN3O4S. The van der Waals surface area contributed by atoms with Crippen LogP contribution in [0.5, 0.6) is 5.75 Å². The number of piperazine rings is 1. The van der Waals surface area contributed by atoms with Crippen molar-refractivity contribution in [1.82, 2.24) is 14.5 Å². The molecule has 0 unspecified atom stereocenters. The number of ether oxygens (including phenoxy) is 1. The number of hydrogen-bond acceptors (Lipinski definition) is 4. The Bertz CT molecular complexity index is 900. The molecule has 0 saturated carbocycles. The Kier molecular flexibility index (Phi) is 6.48. The van der Waals surface area contributed by atoms with Gasteiger partial charge in [0, 0.05) is 26.2 Å². The van der Waals surface area contributed by atoms with Crippen LogP contribution >= 0.6 is 0 Å². The van der Waals surface area contributed by atoms with Gasteiger partial charge in [-0.3, -0.25) is 0 Å². The van der Waals surface area contributed by atoms with E-state index in [-0.39, 0.29) is 42.9 Å². The van der Waals surface area contributed by atoms with Crippen molar-refractivity contribution in [2.75, 3.05) is 39.3 Å². The molecule has 0 aliphatic carbocycles. The number of halogens is 1. The summed E-state index contributed by atoms with van der Waals surface area (Å²) in [4.78, 5) is 14.0. The number of nitrogens with one attached hydrogen (secondary N) is 1. The topological polar surface area (TPSA) is 79.0 Å². The zero-order chi connectivity index (χ0) is 20.0. The van der Waals surface area contributed by atoms with Crippen molar-refractivity contribution in [2.45, 2.75) is 4.90 Å². The predicted molar refractivity (Wildman–Crippen MR) is 102 cm³/mol. The average molecular weight is 407 g/mol. The molecule has 1 N–H and O–H groups in total. The van der Waals surface area contributed by atoms with E-state index in [1.807, 2.05) is 0 Å². The molecule has 7 nitrogen and oxygen atoms in total. The molecule has 1 saturated heterocycles. The first-order valence-corrected chi connectivity index (χ1v) is 10.4. The maximum absolute atomic E-state index is 13.4. The molecule has 1 aliphatic heterocycles. The minimum absolute atomic E-state index is 0.134. The summed E-state index contributed by atoms with van der Waals surface area (Å²) in [6.45, 7) is 1.41. The van der Waals surface area contributed by atoms with E-state index < -0.39 is 15.8 Å². The molecule has 0 radical (unpaired) electrons. The number of sulfonamides is 1. The molecule has 1 fully saturated rings. The fraction of sp³-hybridized carbons (Fsp3) is 0.316. The number of urea groups is 1. The maximum atomic E-state index is 13.4. The third-order valence-electron chi connectivity index (χ3n) is 4.38. The summed E-state index contributed by atoms with van der Waals surface area (Å²) in [5.41, 5.74) is 0. The summed E-state index contributed by atoms with van der Waals surface area (Å²) >= 11 is 0. The Hall–Kier alpha value is -2.65. The van der Waals surface area contributed by atoms with Gasteiger partial charge in [-0.25, -0.2) is 17.6 Å². The Labute approximate surface area is 163 Å². The molecule has 9 heteroatoms. The van der Waals surface area contributed by atoms with E-state index in [9.17, 15) is 17.6 Å². The van der Waals surface area contributed by atoms with Crippen LogP contribution in [0.15, 0.2) is 59.5 Å². The predicted octanol–water partition coefficient (Wildman–Crippen LogP) is 1.92. The minimum atomic E-state index is -3.55. The van der Waals surface area contributed by atoms with Crippen LogP contribution in [-0.2, 0) is 10.0 Å². The molecular weight excluding hydrogens is 385 g/mol. The first kappa shape index (κ1) is 20.1. The van der Waals surface area contributed by atoms with Crippen molar-refractivity contribution < 1.29 is 22.3 Å². The SMILES string of the molecule is O=C(NCCOc1ccccc1F)N1CCN(S(=O)(=O)c2ccccc2)CC1. The lowest BCUT2D eigenvalue weighted by atomic mass is 10.3. The van der Waals surface area contributed by atoms with Crippen LogP contribution in [0.3, 0.4) is 0 Å². The van der Waals surface area contributed by atoms with Gasteiger partial charge < -0.3 is 15.0 Å². The summed E-state index contributed by atoms with van der Waals surface area (Å²) in [7, 11) is -3.55. The highest BCUT2D eigenvalue weighted by atomic mass is 32.2. The van der Waals surface area contributed by atoms with E-state index in [1.165, 1.54) is 16.4 Å². The van der Waals surface area contributed by atoms with Crippen LogP contribution in [0.4, 0.5) is 9.18 Å². The highest BCUT2D eigenvalue weighted by Crippen LogP contribution is 2.17. The molecule has 2 aromatic carbocycles. The number of amides is 2. The van der Waals surface area contributed by atoms with Crippen molar-refractivity contribution in [3.63, 3.8) is 0 Å². The van der Waals surface area contributed by atoms with E-state index in [4.69, 9.17) is 4.74 Å². The van der Waals surface area contributed by atoms with Crippen molar-refractivity contribution in [2.24, 2.45) is 0 Å². The van der Waals surface area contributed by atoms with E-state index in [0.717, 1.165) is 0 Å². The minimum Gasteiger partial charge on any atom is -0.489 e. The van der Waals surface area contributed by atoms with Crippen molar-refractivity contribution in [3.8, 4) is 5.75 Å². The second-order valence-corrected chi connectivity index (χ2v) is 8.15. The second-order valence-electron chi connectivity index (χ2n) is 6.21. The molecule has 0 atom stereocenters. The van der Waals surface area contributed by atoms with Gasteiger partial charge in [0.25, 0.3) is 0 Å². The first-order valence-electron chi connectivity index (χ1n) is 8.94. The number of carbonyl (C=O) groups is 1. The molecule has 3 rings (SSSR count).